The van der Waals surface area contributed by atoms with Crippen molar-refractivity contribution < 1.29 is 4.79 Å². The van der Waals surface area contributed by atoms with Crippen LogP contribution in [0.25, 0.3) is 0 Å². The zero-order chi connectivity index (χ0) is 11.3. The SMILES string of the molecule is C#CCN1CCN(C(=O)C(Br)CC)CC1. The highest BCUT2D eigenvalue weighted by Gasteiger charge is 2.24. The van der Waals surface area contributed by atoms with Gasteiger partial charge in [-0.1, -0.05) is 28.8 Å². The van der Waals surface area contributed by atoms with Gasteiger partial charge in [-0.05, 0) is 6.42 Å². The lowest BCUT2D eigenvalue weighted by Crippen LogP contribution is -2.50. The summed E-state index contributed by atoms with van der Waals surface area (Å²) in [5, 5.41) is 0. The second kappa shape index (κ2) is 6.14. The number of alkyl halides is 1. The maximum Gasteiger partial charge on any atom is 0.236 e. The first-order chi connectivity index (χ1) is 7.19. The predicted octanol–water partition coefficient (Wildman–Crippen LogP) is 0.937. The second-order valence-electron chi connectivity index (χ2n) is 3.68. The standard InChI is InChI=1S/C11H17BrN2O/c1-3-5-13-6-8-14(9-7-13)11(15)10(12)4-2/h1,10H,4-9H2,2H3. The Hall–Kier alpha value is -0.530. The van der Waals surface area contributed by atoms with Crippen LogP contribution >= 0.6 is 15.9 Å². The van der Waals surface area contributed by atoms with Gasteiger partial charge < -0.3 is 4.90 Å². The first kappa shape index (κ1) is 12.5. The molecule has 15 heavy (non-hydrogen) atoms. The van der Waals surface area contributed by atoms with E-state index in [-0.39, 0.29) is 10.7 Å². The summed E-state index contributed by atoms with van der Waals surface area (Å²) in [7, 11) is 0. The van der Waals surface area contributed by atoms with Crippen LogP contribution in [0.3, 0.4) is 0 Å². The van der Waals surface area contributed by atoms with Crippen molar-refractivity contribution in [2.24, 2.45) is 0 Å². The molecule has 1 atom stereocenters. The summed E-state index contributed by atoms with van der Waals surface area (Å²) in [6, 6.07) is 0. The van der Waals surface area contributed by atoms with Crippen molar-refractivity contribution in [2.45, 2.75) is 18.2 Å². The van der Waals surface area contributed by atoms with E-state index in [0.717, 1.165) is 32.6 Å². The lowest BCUT2D eigenvalue weighted by Gasteiger charge is -2.34. The van der Waals surface area contributed by atoms with Crippen molar-refractivity contribution in [3.8, 4) is 12.3 Å². The number of carbonyl (C=O) groups is 1. The summed E-state index contributed by atoms with van der Waals surface area (Å²) in [5.74, 6) is 2.83. The van der Waals surface area contributed by atoms with Gasteiger partial charge in [0.2, 0.25) is 5.91 Å². The van der Waals surface area contributed by atoms with E-state index in [1.165, 1.54) is 0 Å². The average molecular weight is 273 g/mol. The molecule has 0 N–H and O–H groups in total. The molecule has 0 saturated carbocycles. The Labute approximate surface area is 99.9 Å². The number of terminal acetylenes is 1. The average Bonchev–Trinajstić information content (AvgIpc) is 2.28. The molecule has 1 amide bonds. The van der Waals surface area contributed by atoms with E-state index in [0.29, 0.717) is 6.54 Å². The van der Waals surface area contributed by atoms with Crippen LogP contribution in [-0.2, 0) is 4.79 Å². The maximum absolute atomic E-state index is 11.8. The van der Waals surface area contributed by atoms with Crippen LogP contribution in [0.1, 0.15) is 13.3 Å². The van der Waals surface area contributed by atoms with Crippen LogP contribution in [0.2, 0.25) is 0 Å². The van der Waals surface area contributed by atoms with E-state index in [4.69, 9.17) is 6.42 Å². The molecule has 84 valence electrons. The molecule has 1 aliphatic heterocycles. The van der Waals surface area contributed by atoms with Crippen molar-refractivity contribution in [1.29, 1.82) is 0 Å². The highest BCUT2D eigenvalue weighted by atomic mass is 79.9. The molecule has 0 aliphatic carbocycles. The maximum atomic E-state index is 11.8. The first-order valence-corrected chi connectivity index (χ1v) is 6.19. The van der Waals surface area contributed by atoms with E-state index >= 15 is 0 Å². The van der Waals surface area contributed by atoms with Crippen molar-refractivity contribution >= 4 is 21.8 Å². The number of rotatable bonds is 3. The number of halogens is 1. The minimum atomic E-state index is -0.0308. The van der Waals surface area contributed by atoms with Gasteiger partial charge in [0.1, 0.15) is 0 Å². The van der Waals surface area contributed by atoms with Crippen molar-refractivity contribution in [3.05, 3.63) is 0 Å². The Kier molecular flexibility index (Phi) is 5.13. The fourth-order valence-electron chi connectivity index (χ4n) is 1.63. The molecule has 4 heteroatoms. The Morgan fingerprint density at radius 3 is 2.53 bits per heavy atom. The molecular weight excluding hydrogens is 256 g/mol. The fraction of sp³-hybridized carbons (Fsp3) is 0.727. The molecule has 0 aromatic heterocycles. The van der Waals surface area contributed by atoms with E-state index in [9.17, 15) is 4.79 Å². The Bertz CT molecular complexity index is 254. The van der Waals surface area contributed by atoms with Gasteiger partial charge in [-0.15, -0.1) is 6.42 Å². The minimum absolute atomic E-state index is 0.0308. The number of nitrogens with zero attached hydrogens (tertiary/aromatic N) is 2. The van der Waals surface area contributed by atoms with Gasteiger partial charge in [-0.2, -0.15) is 0 Å². The molecule has 1 rings (SSSR count). The van der Waals surface area contributed by atoms with Gasteiger partial charge in [0, 0.05) is 26.2 Å². The lowest BCUT2D eigenvalue weighted by molar-refractivity contribution is -0.132. The topological polar surface area (TPSA) is 23.6 Å². The summed E-state index contributed by atoms with van der Waals surface area (Å²) >= 11 is 3.39. The summed E-state index contributed by atoms with van der Waals surface area (Å²) < 4.78 is 0. The fourth-order valence-corrected chi connectivity index (χ4v) is 1.92. The number of hydrogen-bond donors (Lipinski definition) is 0. The summed E-state index contributed by atoms with van der Waals surface area (Å²) in [6.07, 6.45) is 6.08. The third-order valence-electron chi connectivity index (χ3n) is 2.63. The lowest BCUT2D eigenvalue weighted by atomic mass is 10.2. The molecule has 0 spiro atoms. The number of hydrogen-bond acceptors (Lipinski definition) is 2. The highest BCUT2D eigenvalue weighted by molar-refractivity contribution is 9.10. The monoisotopic (exact) mass is 272 g/mol. The third kappa shape index (κ3) is 3.51. The third-order valence-corrected chi connectivity index (χ3v) is 3.66. The molecule has 0 bridgehead atoms. The van der Waals surface area contributed by atoms with Gasteiger partial charge in [0.25, 0.3) is 0 Å². The Balaban J connectivity index is 2.37. The molecule has 0 aromatic carbocycles. The second-order valence-corrected chi connectivity index (χ2v) is 4.79. The molecule has 1 saturated heterocycles. The molecule has 0 radical (unpaired) electrons. The summed E-state index contributed by atoms with van der Waals surface area (Å²) in [4.78, 5) is 15.9. The smallest absolute Gasteiger partial charge is 0.236 e. The van der Waals surface area contributed by atoms with Crippen LogP contribution in [0.5, 0.6) is 0 Å². The van der Waals surface area contributed by atoms with Crippen LogP contribution in [-0.4, -0.2) is 53.3 Å². The van der Waals surface area contributed by atoms with Crippen LogP contribution in [0, 0.1) is 12.3 Å². The summed E-state index contributed by atoms with van der Waals surface area (Å²) in [6.45, 7) is 6.06. The van der Waals surface area contributed by atoms with E-state index in [1.807, 2.05) is 11.8 Å². The highest BCUT2D eigenvalue weighted by Crippen LogP contribution is 2.11. The molecular formula is C11H17BrN2O. The molecule has 1 fully saturated rings. The van der Waals surface area contributed by atoms with Crippen LogP contribution < -0.4 is 0 Å². The quantitative estimate of drug-likeness (QED) is 0.564. The number of carbonyl (C=O) groups excluding carboxylic acids is 1. The van der Waals surface area contributed by atoms with E-state index < -0.39 is 0 Å². The Morgan fingerprint density at radius 1 is 1.47 bits per heavy atom. The van der Waals surface area contributed by atoms with Gasteiger partial charge in [0.05, 0.1) is 11.4 Å². The van der Waals surface area contributed by atoms with Gasteiger partial charge in [0.15, 0.2) is 0 Å². The van der Waals surface area contributed by atoms with Crippen molar-refractivity contribution in [1.82, 2.24) is 9.80 Å². The number of piperazine rings is 1. The van der Waals surface area contributed by atoms with Gasteiger partial charge in [-0.25, -0.2) is 0 Å². The van der Waals surface area contributed by atoms with Crippen LogP contribution in [0.15, 0.2) is 0 Å². The van der Waals surface area contributed by atoms with Gasteiger partial charge in [-0.3, -0.25) is 9.69 Å². The zero-order valence-corrected chi connectivity index (χ0v) is 10.7. The Morgan fingerprint density at radius 2 is 2.07 bits per heavy atom. The normalized spacial score (nSPS) is 19.7. The van der Waals surface area contributed by atoms with Crippen molar-refractivity contribution in [2.75, 3.05) is 32.7 Å². The molecule has 1 unspecified atom stereocenters. The molecule has 3 nitrogen and oxygen atoms in total. The van der Waals surface area contributed by atoms with Gasteiger partial charge >= 0.3 is 0 Å². The number of amides is 1. The predicted molar refractivity (Wildman–Crippen MR) is 64.9 cm³/mol. The minimum Gasteiger partial charge on any atom is -0.339 e. The first-order valence-electron chi connectivity index (χ1n) is 5.27. The zero-order valence-electron chi connectivity index (χ0n) is 9.08. The molecule has 1 heterocycles. The molecule has 1 aliphatic rings. The van der Waals surface area contributed by atoms with E-state index in [1.54, 1.807) is 0 Å². The summed E-state index contributed by atoms with van der Waals surface area (Å²) in [5.41, 5.74) is 0. The molecule has 0 aromatic rings. The largest absolute Gasteiger partial charge is 0.339 e. The van der Waals surface area contributed by atoms with Crippen molar-refractivity contribution in [3.63, 3.8) is 0 Å². The van der Waals surface area contributed by atoms with Crippen LogP contribution in [0.4, 0.5) is 0 Å². The van der Waals surface area contributed by atoms with E-state index in [2.05, 4.69) is 26.8 Å².